The van der Waals surface area contributed by atoms with Gasteiger partial charge in [0.2, 0.25) is 5.65 Å². The minimum Gasteiger partial charge on any atom is -0.394 e. The molecule has 1 aliphatic heterocycles. The third-order valence-corrected chi connectivity index (χ3v) is 4.98. The predicted molar refractivity (Wildman–Crippen MR) is 107 cm³/mol. The van der Waals surface area contributed by atoms with Crippen molar-refractivity contribution in [1.29, 1.82) is 0 Å². The highest BCUT2D eigenvalue weighted by atomic mass is 35.5. The van der Waals surface area contributed by atoms with Crippen LogP contribution in [0.1, 0.15) is 26.7 Å². The SMILES string of the molecule is CC.NC1(CO)CCN(c2cnc3c(-c4cccnc4Cl)[nH]nc3n2)CC1. The molecule has 0 amide bonds. The number of nitrogens with one attached hydrogen (secondary N) is 1. The van der Waals surface area contributed by atoms with E-state index >= 15 is 0 Å². The summed E-state index contributed by atoms with van der Waals surface area (Å²) >= 11 is 6.16. The van der Waals surface area contributed by atoms with Gasteiger partial charge in [0.25, 0.3) is 0 Å². The van der Waals surface area contributed by atoms with Gasteiger partial charge in [0, 0.05) is 30.4 Å². The number of aromatic amines is 1. The monoisotopic (exact) mass is 389 g/mol. The highest BCUT2D eigenvalue weighted by Crippen LogP contribution is 2.30. The van der Waals surface area contributed by atoms with Crippen molar-refractivity contribution in [2.75, 3.05) is 24.6 Å². The average Bonchev–Trinajstić information content (AvgIpc) is 3.13. The number of piperidine rings is 1. The highest BCUT2D eigenvalue weighted by Gasteiger charge is 2.30. The lowest BCUT2D eigenvalue weighted by molar-refractivity contribution is 0.170. The second-order valence-electron chi connectivity index (χ2n) is 6.35. The molecule has 144 valence electrons. The van der Waals surface area contributed by atoms with Crippen LogP contribution in [0.15, 0.2) is 24.5 Å². The van der Waals surface area contributed by atoms with Crippen molar-refractivity contribution in [2.45, 2.75) is 32.2 Å². The summed E-state index contributed by atoms with van der Waals surface area (Å²) in [6.45, 7) is 5.45. The zero-order valence-corrected chi connectivity index (χ0v) is 16.2. The van der Waals surface area contributed by atoms with E-state index in [1.54, 1.807) is 12.4 Å². The molecule has 0 aromatic carbocycles. The number of aliphatic hydroxyl groups excluding tert-OH is 1. The molecule has 4 N–H and O–H groups in total. The van der Waals surface area contributed by atoms with Gasteiger partial charge in [-0.2, -0.15) is 5.10 Å². The Labute approximate surface area is 162 Å². The van der Waals surface area contributed by atoms with Crippen LogP contribution in [0.25, 0.3) is 22.4 Å². The first-order valence-corrected chi connectivity index (χ1v) is 9.44. The third kappa shape index (κ3) is 3.87. The van der Waals surface area contributed by atoms with Crippen molar-refractivity contribution in [2.24, 2.45) is 5.73 Å². The maximum absolute atomic E-state index is 9.38. The van der Waals surface area contributed by atoms with E-state index in [1.165, 1.54) is 0 Å². The molecule has 1 fully saturated rings. The van der Waals surface area contributed by atoms with Gasteiger partial charge < -0.3 is 15.7 Å². The summed E-state index contributed by atoms with van der Waals surface area (Å²) in [6.07, 6.45) is 4.78. The quantitative estimate of drug-likeness (QED) is 0.588. The first kappa shape index (κ1) is 19.5. The van der Waals surface area contributed by atoms with Gasteiger partial charge in [-0.05, 0) is 25.0 Å². The summed E-state index contributed by atoms with van der Waals surface area (Å²) in [5.41, 5.74) is 8.25. The fourth-order valence-electron chi connectivity index (χ4n) is 3.04. The smallest absolute Gasteiger partial charge is 0.202 e. The molecule has 0 radical (unpaired) electrons. The van der Waals surface area contributed by atoms with Crippen LogP contribution in [0.3, 0.4) is 0 Å². The Kier molecular flexibility index (Phi) is 5.88. The van der Waals surface area contributed by atoms with Crippen LogP contribution in [0, 0.1) is 0 Å². The van der Waals surface area contributed by atoms with Gasteiger partial charge in [-0.1, -0.05) is 25.4 Å². The maximum atomic E-state index is 9.38. The van der Waals surface area contributed by atoms with E-state index in [1.807, 2.05) is 26.0 Å². The predicted octanol–water partition coefficient (Wildman–Crippen LogP) is 2.38. The number of aliphatic hydroxyl groups is 1. The fourth-order valence-corrected chi connectivity index (χ4v) is 3.25. The Bertz CT molecular complexity index is 906. The lowest BCUT2D eigenvalue weighted by Crippen LogP contribution is -2.53. The number of hydrogen-bond acceptors (Lipinski definition) is 7. The molecule has 0 aliphatic carbocycles. The number of nitrogens with two attached hydrogens (primary N) is 1. The van der Waals surface area contributed by atoms with E-state index in [0.717, 1.165) is 24.5 Å². The molecule has 27 heavy (non-hydrogen) atoms. The highest BCUT2D eigenvalue weighted by molar-refractivity contribution is 6.32. The van der Waals surface area contributed by atoms with Gasteiger partial charge in [0.15, 0.2) is 0 Å². The largest absolute Gasteiger partial charge is 0.394 e. The Morgan fingerprint density at radius 3 is 2.70 bits per heavy atom. The molecular formula is C18H24ClN7O. The van der Waals surface area contributed by atoms with Crippen molar-refractivity contribution in [3.05, 3.63) is 29.7 Å². The van der Waals surface area contributed by atoms with Gasteiger partial charge in [-0.3, -0.25) is 5.10 Å². The average molecular weight is 390 g/mol. The van der Waals surface area contributed by atoms with Crippen molar-refractivity contribution in [1.82, 2.24) is 25.1 Å². The number of halogens is 1. The molecule has 1 saturated heterocycles. The zero-order chi connectivity index (χ0) is 19.4. The zero-order valence-electron chi connectivity index (χ0n) is 15.5. The van der Waals surface area contributed by atoms with Gasteiger partial charge in [-0.15, -0.1) is 0 Å². The Balaban J connectivity index is 0.00000102. The minimum absolute atomic E-state index is 0.000149. The molecule has 8 nitrogen and oxygen atoms in total. The number of pyridine rings is 1. The number of aromatic nitrogens is 5. The molecule has 0 unspecified atom stereocenters. The van der Waals surface area contributed by atoms with E-state index in [2.05, 4.69) is 30.0 Å². The Morgan fingerprint density at radius 1 is 1.30 bits per heavy atom. The first-order chi connectivity index (χ1) is 13.1. The summed E-state index contributed by atoms with van der Waals surface area (Å²) in [5.74, 6) is 0.753. The van der Waals surface area contributed by atoms with Crippen LogP contribution < -0.4 is 10.6 Å². The molecule has 4 heterocycles. The normalized spacial score (nSPS) is 16.1. The number of fused-ring (bicyclic) bond motifs is 1. The third-order valence-electron chi connectivity index (χ3n) is 4.68. The Hall–Kier alpha value is -2.29. The lowest BCUT2D eigenvalue weighted by atomic mass is 9.90. The molecule has 3 aromatic heterocycles. The van der Waals surface area contributed by atoms with Gasteiger partial charge in [-0.25, -0.2) is 15.0 Å². The van der Waals surface area contributed by atoms with E-state index in [-0.39, 0.29) is 6.61 Å². The van der Waals surface area contributed by atoms with Crippen LogP contribution in [0.2, 0.25) is 5.15 Å². The second kappa shape index (κ2) is 8.16. The standard InChI is InChI=1S/C16H18ClN7O.C2H6/c17-14-10(2-1-5-19-14)12-13-15(23-22-12)21-11(8-20-13)24-6-3-16(18,9-25)4-7-24;1-2/h1-2,5,8,25H,3-4,6-7,9,18H2,(H,21,22,23);1-2H3. The summed E-state index contributed by atoms with van der Waals surface area (Å²) in [7, 11) is 0. The van der Waals surface area contributed by atoms with Crippen molar-refractivity contribution in [3.8, 4) is 11.3 Å². The fraction of sp³-hybridized carbons (Fsp3) is 0.444. The topological polar surface area (TPSA) is 117 Å². The van der Waals surface area contributed by atoms with Crippen molar-refractivity contribution in [3.63, 3.8) is 0 Å². The van der Waals surface area contributed by atoms with Crippen LogP contribution >= 0.6 is 11.6 Å². The molecule has 0 saturated carbocycles. The van der Waals surface area contributed by atoms with E-state index in [9.17, 15) is 5.11 Å². The number of nitrogens with zero attached hydrogens (tertiary/aromatic N) is 5. The van der Waals surface area contributed by atoms with Gasteiger partial charge in [0.05, 0.1) is 18.5 Å². The summed E-state index contributed by atoms with van der Waals surface area (Å²) in [6, 6.07) is 3.67. The van der Waals surface area contributed by atoms with E-state index < -0.39 is 5.54 Å². The number of anilines is 1. The summed E-state index contributed by atoms with van der Waals surface area (Å²) < 4.78 is 0. The number of hydrogen-bond donors (Lipinski definition) is 3. The summed E-state index contributed by atoms with van der Waals surface area (Å²) in [4.78, 5) is 15.3. The molecule has 9 heteroatoms. The van der Waals surface area contributed by atoms with Crippen LogP contribution in [0.4, 0.5) is 5.82 Å². The number of rotatable bonds is 3. The molecule has 0 atom stereocenters. The Morgan fingerprint density at radius 2 is 2.04 bits per heavy atom. The first-order valence-electron chi connectivity index (χ1n) is 9.06. The molecule has 3 aromatic rings. The van der Waals surface area contributed by atoms with E-state index in [4.69, 9.17) is 17.3 Å². The van der Waals surface area contributed by atoms with Crippen LogP contribution in [-0.4, -0.2) is 55.5 Å². The van der Waals surface area contributed by atoms with Crippen molar-refractivity contribution < 1.29 is 5.11 Å². The molecule has 0 spiro atoms. The lowest BCUT2D eigenvalue weighted by Gasteiger charge is -2.38. The van der Waals surface area contributed by atoms with Gasteiger partial charge >= 0.3 is 0 Å². The van der Waals surface area contributed by atoms with Crippen LogP contribution in [0.5, 0.6) is 0 Å². The van der Waals surface area contributed by atoms with Crippen molar-refractivity contribution >= 4 is 28.6 Å². The molecule has 4 rings (SSSR count). The molecule has 1 aliphatic rings. The minimum atomic E-state index is -0.495. The maximum Gasteiger partial charge on any atom is 0.202 e. The second-order valence-corrected chi connectivity index (χ2v) is 6.71. The summed E-state index contributed by atoms with van der Waals surface area (Å²) in [5, 5.41) is 17.0. The van der Waals surface area contributed by atoms with E-state index in [0.29, 0.717) is 34.9 Å². The van der Waals surface area contributed by atoms with Crippen LogP contribution in [-0.2, 0) is 0 Å². The molecular weight excluding hydrogens is 366 g/mol. The number of H-pyrrole nitrogens is 1. The molecule has 0 bridgehead atoms. The van der Waals surface area contributed by atoms with Gasteiger partial charge in [0.1, 0.15) is 16.5 Å².